The van der Waals surface area contributed by atoms with E-state index >= 15 is 0 Å². The fourth-order valence-electron chi connectivity index (χ4n) is 3.51. The lowest BCUT2D eigenvalue weighted by atomic mass is 9.96. The molecule has 6 heteroatoms. The normalized spacial score (nSPS) is 16.3. The minimum atomic E-state index is -0.179. The Kier molecular flexibility index (Phi) is 7.33. The Balaban J connectivity index is 1.54. The predicted molar refractivity (Wildman–Crippen MR) is 117 cm³/mol. The van der Waals surface area contributed by atoms with Gasteiger partial charge in [-0.15, -0.1) is 0 Å². The van der Waals surface area contributed by atoms with E-state index in [2.05, 4.69) is 5.32 Å². The smallest absolute Gasteiger partial charge is 0.229 e. The molecule has 1 unspecified atom stereocenters. The molecule has 0 radical (unpaired) electrons. The number of carbonyl (C=O) groups excluding carboxylic acids is 2. The molecule has 1 heterocycles. The first-order valence-corrected chi connectivity index (χ1v) is 10.6. The Hall–Kier alpha value is -3.02. The lowest BCUT2D eigenvalue weighted by Gasteiger charge is -2.33. The van der Waals surface area contributed by atoms with E-state index in [1.807, 2.05) is 74.2 Å². The first kappa shape index (κ1) is 21.7. The van der Waals surface area contributed by atoms with Crippen LogP contribution in [0.5, 0.6) is 17.2 Å². The van der Waals surface area contributed by atoms with Crippen LogP contribution in [0.1, 0.15) is 33.6 Å². The highest BCUT2D eigenvalue weighted by molar-refractivity contribution is 5.93. The predicted octanol–water partition coefficient (Wildman–Crippen LogP) is 4.71. The molecule has 2 aromatic rings. The van der Waals surface area contributed by atoms with Crippen molar-refractivity contribution in [3.8, 4) is 17.2 Å². The second-order valence-corrected chi connectivity index (χ2v) is 7.80. The van der Waals surface area contributed by atoms with Crippen LogP contribution in [0.25, 0.3) is 0 Å². The molecule has 3 rings (SSSR count). The van der Waals surface area contributed by atoms with E-state index in [1.165, 1.54) is 0 Å². The van der Waals surface area contributed by atoms with Crippen LogP contribution in [0.3, 0.4) is 0 Å². The van der Waals surface area contributed by atoms with Crippen molar-refractivity contribution in [2.75, 3.05) is 25.0 Å². The highest BCUT2D eigenvalue weighted by Crippen LogP contribution is 2.26. The molecule has 1 atom stereocenters. The van der Waals surface area contributed by atoms with E-state index in [4.69, 9.17) is 9.47 Å². The number of piperidine rings is 1. The third-order valence-electron chi connectivity index (χ3n) is 5.09. The van der Waals surface area contributed by atoms with E-state index in [0.29, 0.717) is 30.3 Å². The number of carbonyl (C=O) groups is 2. The maximum atomic E-state index is 12.7. The Labute approximate surface area is 178 Å². The zero-order valence-corrected chi connectivity index (χ0v) is 17.9. The molecule has 0 bridgehead atoms. The van der Waals surface area contributed by atoms with Crippen LogP contribution in [0, 0.1) is 11.8 Å². The molecule has 2 aromatic carbocycles. The molecule has 30 heavy (non-hydrogen) atoms. The van der Waals surface area contributed by atoms with E-state index in [9.17, 15) is 9.59 Å². The molecule has 1 aliphatic heterocycles. The molecule has 1 N–H and O–H groups in total. The second kappa shape index (κ2) is 10.1. The lowest BCUT2D eigenvalue weighted by molar-refractivity contribution is -0.137. The summed E-state index contributed by atoms with van der Waals surface area (Å²) < 4.78 is 11.3. The van der Waals surface area contributed by atoms with Crippen molar-refractivity contribution < 1.29 is 19.1 Å². The fraction of sp³-hybridized carbons (Fsp3) is 0.417. The third-order valence-corrected chi connectivity index (χ3v) is 5.09. The number of likely N-dealkylation sites (tertiary alicyclic amines) is 1. The highest BCUT2D eigenvalue weighted by atomic mass is 16.5. The van der Waals surface area contributed by atoms with Crippen LogP contribution in [0.4, 0.5) is 5.69 Å². The summed E-state index contributed by atoms with van der Waals surface area (Å²) in [5.74, 6) is 2.05. The summed E-state index contributed by atoms with van der Waals surface area (Å²) in [6.07, 6.45) is 1.65. The van der Waals surface area contributed by atoms with Gasteiger partial charge in [0.25, 0.3) is 0 Å². The average Bonchev–Trinajstić information content (AvgIpc) is 2.76. The van der Waals surface area contributed by atoms with Gasteiger partial charge in [0.1, 0.15) is 17.2 Å². The van der Waals surface area contributed by atoms with Crippen molar-refractivity contribution in [1.29, 1.82) is 0 Å². The number of nitrogens with one attached hydrogen (secondary N) is 1. The monoisotopic (exact) mass is 410 g/mol. The summed E-state index contributed by atoms with van der Waals surface area (Å²) in [5.41, 5.74) is 0.714. The van der Waals surface area contributed by atoms with Crippen LogP contribution in [0.15, 0.2) is 48.5 Å². The van der Waals surface area contributed by atoms with Gasteiger partial charge in [-0.2, -0.15) is 0 Å². The maximum absolute atomic E-state index is 12.7. The molecule has 0 aliphatic carbocycles. The van der Waals surface area contributed by atoms with E-state index in [0.717, 1.165) is 25.1 Å². The molecule has 0 spiro atoms. The fourth-order valence-corrected chi connectivity index (χ4v) is 3.51. The van der Waals surface area contributed by atoms with Gasteiger partial charge in [-0.3, -0.25) is 9.59 Å². The van der Waals surface area contributed by atoms with Crippen molar-refractivity contribution in [2.45, 2.75) is 33.6 Å². The molecular weight excluding hydrogens is 380 g/mol. The molecule has 160 valence electrons. The number of benzene rings is 2. The van der Waals surface area contributed by atoms with Crippen molar-refractivity contribution >= 4 is 17.5 Å². The summed E-state index contributed by atoms with van der Waals surface area (Å²) >= 11 is 0. The highest BCUT2D eigenvalue weighted by Gasteiger charge is 2.29. The molecule has 6 nitrogen and oxygen atoms in total. The molecule has 1 fully saturated rings. The van der Waals surface area contributed by atoms with Crippen LogP contribution in [0.2, 0.25) is 0 Å². The quantitative estimate of drug-likeness (QED) is 0.718. The topological polar surface area (TPSA) is 67.9 Å². The van der Waals surface area contributed by atoms with Gasteiger partial charge < -0.3 is 19.7 Å². The van der Waals surface area contributed by atoms with Crippen molar-refractivity contribution in [3.05, 3.63) is 48.5 Å². The van der Waals surface area contributed by atoms with Crippen LogP contribution in [-0.2, 0) is 9.59 Å². The van der Waals surface area contributed by atoms with Crippen molar-refractivity contribution in [2.24, 2.45) is 11.8 Å². The molecule has 1 saturated heterocycles. The standard InChI is InChI=1S/C24H30N2O4/c1-4-29-20-11-13-22(14-12-20)30-21-9-7-19(8-10-21)25-23(27)18-6-5-15-26(16-18)24(28)17(2)3/h7-14,17-18H,4-6,15-16H2,1-3H3,(H,25,27). The van der Waals surface area contributed by atoms with Gasteiger partial charge >= 0.3 is 0 Å². The van der Waals surface area contributed by atoms with Gasteiger partial charge in [0.2, 0.25) is 11.8 Å². The number of nitrogens with zero attached hydrogens (tertiary/aromatic N) is 1. The largest absolute Gasteiger partial charge is 0.494 e. The molecule has 2 amide bonds. The second-order valence-electron chi connectivity index (χ2n) is 7.80. The van der Waals surface area contributed by atoms with Gasteiger partial charge in [-0.05, 0) is 68.3 Å². The van der Waals surface area contributed by atoms with Gasteiger partial charge in [0.15, 0.2) is 0 Å². The number of hydrogen-bond donors (Lipinski definition) is 1. The Morgan fingerprint density at radius 1 is 1.03 bits per heavy atom. The number of ether oxygens (including phenoxy) is 2. The van der Waals surface area contributed by atoms with E-state index in [1.54, 1.807) is 0 Å². The van der Waals surface area contributed by atoms with E-state index < -0.39 is 0 Å². The van der Waals surface area contributed by atoms with Gasteiger partial charge in [0, 0.05) is 24.7 Å². The summed E-state index contributed by atoms with van der Waals surface area (Å²) in [7, 11) is 0. The zero-order chi connectivity index (χ0) is 21.5. The number of anilines is 1. The van der Waals surface area contributed by atoms with E-state index in [-0.39, 0.29) is 23.7 Å². The van der Waals surface area contributed by atoms with Crippen LogP contribution < -0.4 is 14.8 Å². The summed E-state index contributed by atoms with van der Waals surface area (Å²) in [6.45, 7) is 7.58. The van der Waals surface area contributed by atoms with Gasteiger partial charge in [-0.25, -0.2) is 0 Å². The minimum Gasteiger partial charge on any atom is -0.494 e. The summed E-state index contributed by atoms with van der Waals surface area (Å²) in [4.78, 5) is 26.7. The van der Waals surface area contributed by atoms with Gasteiger partial charge in [0.05, 0.1) is 12.5 Å². The first-order valence-electron chi connectivity index (χ1n) is 10.6. The summed E-state index contributed by atoms with van der Waals surface area (Å²) in [5, 5.41) is 2.96. The van der Waals surface area contributed by atoms with Crippen LogP contribution >= 0.6 is 0 Å². The maximum Gasteiger partial charge on any atom is 0.229 e. The van der Waals surface area contributed by atoms with Crippen LogP contribution in [-0.4, -0.2) is 36.4 Å². The van der Waals surface area contributed by atoms with Gasteiger partial charge in [-0.1, -0.05) is 13.8 Å². The minimum absolute atomic E-state index is 0.0450. The Morgan fingerprint density at radius 3 is 2.23 bits per heavy atom. The molecular formula is C24H30N2O4. The third kappa shape index (κ3) is 5.75. The summed E-state index contributed by atoms with van der Waals surface area (Å²) in [6, 6.07) is 14.7. The Bertz CT molecular complexity index is 847. The number of amides is 2. The van der Waals surface area contributed by atoms with Crippen molar-refractivity contribution in [3.63, 3.8) is 0 Å². The SMILES string of the molecule is CCOc1ccc(Oc2ccc(NC(=O)C3CCCN(C(=O)C(C)C)C3)cc2)cc1. The molecule has 1 aliphatic rings. The molecule has 0 aromatic heterocycles. The Morgan fingerprint density at radius 2 is 1.63 bits per heavy atom. The zero-order valence-electron chi connectivity index (χ0n) is 17.9. The first-order chi connectivity index (χ1) is 14.5. The van der Waals surface area contributed by atoms with Crippen molar-refractivity contribution in [1.82, 2.24) is 4.90 Å². The number of rotatable bonds is 7. The molecule has 0 saturated carbocycles. The number of hydrogen-bond acceptors (Lipinski definition) is 4. The average molecular weight is 411 g/mol. The lowest BCUT2D eigenvalue weighted by Crippen LogP contribution is -2.45.